The third-order valence-electron chi connectivity index (χ3n) is 5.38. The molecule has 192 valence electrons. The molecule has 0 aromatic carbocycles. The molecule has 2 atom stereocenters. The van der Waals surface area contributed by atoms with E-state index in [0.29, 0.717) is 17.1 Å². The molecule has 17 heteroatoms. The molecule has 2 amide bonds. The van der Waals surface area contributed by atoms with E-state index in [1.807, 2.05) is 0 Å². The molecule has 7 N–H and O–H groups in total. The number of aliphatic carboxylic acids is 1. The van der Waals surface area contributed by atoms with Crippen molar-refractivity contribution >= 4 is 57.7 Å². The van der Waals surface area contributed by atoms with E-state index in [4.69, 9.17) is 16.3 Å². The minimum absolute atomic E-state index is 0.0426. The predicted molar refractivity (Wildman–Crippen MR) is 128 cm³/mol. The summed E-state index contributed by atoms with van der Waals surface area (Å²) in [6.45, 7) is 2.10. The number of amides is 2. The lowest BCUT2D eigenvalue weighted by Crippen LogP contribution is -2.71. The summed E-state index contributed by atoms with van der Waals surface area (Å²) < 4.78 is 7.26. The quantitative estimate of drug-likeness (QED) is 0.0961. The highest BCUT2D eigenvalue weighted by atomic mass is 32.2. The number of nitrogens with one attached hydrogen (secondary N) is 1. The Hall–Kier alpha value is -3.70. The zero-order chi connectivity index (χ0) is 26.0. The van der Waals surface area contributed by atoms with Crippen LogP contribution in [0.25, 0.3) is 0 Å². The molecule has 0 bridgehead atoms. The van der Waals surface area contributed by atoms with Gasteiger partial charge in [-0.05, 0) is 6.92 Å². The average molecular weight is 539 g/mol. The van der Waals surface area contributed by atoms with Crippen LogP contribution in [0.1, 0.15) is 12.7 Å². The summed E-state index contributed by atoms with van der Waals surface area (Å²) in [5.74, 6) is -1.93. The number of nitrogen functional groups attached to an aromatic ring is 2. The van der Waals surface area contributed by atoms with E-state index in [1.165, 1.54) is 16.7 Å². The van der Waals surface area contributed by atoms with Gasteiger partial charge >= 0.3 is 5.97 Å². The molecule has 36 heavy (non-hydrogen) atoms. The summed E-state index contributed by atoms with van der Waals surface area (Å²) in [7, 11) is 0. The number of thioether (sulfide) groups is 1. The minimum Gasteiger partial charge on any atom is -0.477 e. The maximum absolute atomic E-state index is 13.0. The molecule has 15 nitrogen and oxygen atoms in total. The smallest absolute Gasteiger partial charge is 0.352 e. The van der Waals surface area contributed by atoms with Gasteiger partial charge in [-0.1, -0.05) is 5.16 Å². The van der Waals surface area contributed by atoms with Gasteiger partial charge in [0.2, 0.25) is 11.5 Å². The largest absolute Gasteiger partial charge is 0.477 e. The number of rotatable bonds is 10. The van der Waals surface area contributed by atoms with Crippen molar-refractivity contribution in [2.75, 3.05) is 30.4 Å². The number of nitrogens with zero attached hydrogens (tertiary/aromatic N) is 6. The number of carbonyl (C=O) groups excluding carboxylic acids is 2. The van der Waals surface area contributed by atoms with Crippen molar-refractivity contribution in [3.8, 4) is 0 Å². The number of aliphatic hydroxyl groups is 1. The zero-order valence-electron chi connectivity index (χ0n) is 19.0. The summed E-state index contributed by atoms with van der Waals surface area (Å²) in [5, 5.41) is 25.1. The third-order valence-corrected chi connectivity index (χ3v) is 7.26. The van der Waals surface area contributed by atoms with Gasteiger partial charge in [0.05, 0.1) is 12.7 Å². The molecule has 2 aliphatic rings. The fourth-order valence-corrected chi connectivity index (χ4v) is 5.59. The Morgan fingerprint density at radius 2 is 2.19 bits per heavy atom. The number of anilines is 2. The van der Waals surface area contributed by atoms with E-state index in [1.54, 1.807) is 28.6 Å². The first-order valence-corrected chi connectivity index (χ1v) is 12.5. The minimum atomic E-state index is -1.26. The Balaban J connectivity index is 1.54. The van der Waals surface area contributed by atoms with Gasteiger partial charge in [0.15, 0.2) is 23.7 Å². The number of carboxylic acids is 1. The van der Waals surface area contributed by atoms with E-state index in [2.05, 4.69) is 19.8 Å². The summed E-state index contributed by atoms with van der Waals surface area (Å²) in [6.07, 6.45) is 1.67. The predicted octanol–water partition coefficient (Wildman–Crippen LogP) is -2.04. The first-order chi connectivity index (χ1) is 17.3. The van der Waals surface area contributed by atoms with Crippen LogP contribution in [0.5, 0.6) is 0 Å². The Bertz CT molecular complexity index is 1260. The second kappa shape index (κ2) is 10.5. The molecule has 0 unspecified atom stereocenters. The van der Waals surface area contributed by atoms with Crippen LogP contribution < -0.4 is 21.5 Å². The molecule has 0 radical (unpaired) electrons. The Morgan fingerprint density at radius 3 is 2.83 bits per heavy atom. The molecule has 2 aromatic rings. The fraction of sp³-hybridized carbons (Fsp3) is 0.421. The van der Waals surface area contributed by atoms with Gasteiger partial charge in [0.1, 0.15) is 30.3 Å². The normalized spacial score (nSPS) is 19.7. The number of aliphatic hydroxyl groups excluding tert-OH is 1. The third kappa shape index (κ3) is 4.71. The maximum Gasteiger partial charge on any atom is 0.352 e. The van der Waals surface area contributed by atoms with Gasteiger partial charge < -0.3 is 31.8 Å². The zero-order valence-corrected chi connectivity index (χ0v) is 20.7. The van der Waals surface area contributed by atoms with Crippen LogP contribution in [0, 0.1) is 0 Å². The molecule has 4 heterocycles. The van der Waals surface area contributed by atoms with E-state index >= 15 is 0 Å². The Kier molecular flexibility index (Phi) is 7.41. The van der Waals surface area contributed by atoms with Crippen LogP contribution in [0.15, 0.2) is 28.7 Å². The summed E-state index contributed by atoms with van der Waals surface area (Å²) in [6, 6.07) is 0.657. The lowest BCUT2D eigenvalue weighted by atomic mass is 10.0. The molecule has 1 fully saturated rings. The van der Waals surface area contributed by atoms with E-state index < -0.39 is 29.2 Å². The number of carboxylic acid groups (broad SMARTS) is 1. The molecule has 0 spiro atoms. The van der Waals surface area contributed by atoms with Crippen LogP contribution in [-0.4, -0.2) is 83.0 Å². The van der Waals surface area contributed by atoms with Gasteiger partial charge in [-0.25, -0.2) is 4.79 Å². The lowest BCUT2D eigenvalue weighted by Gasteiger charge is -2.49. The maximum atomic E-state index is 13.0. The Morgan fingerprint density at radius 1 is 1.42 bits per heavy atom. The van der Waals surface area contributed by atoms with Gasteiger partial charge in [-0.15, -0.1) is 21.1 Å². The van der Waals surface area contributed by atoms with Crippen LogP contribution in [0.4, 0.5) is 10.9 Å². The molecular formula is C19H24N9O6S2+. The number of β-lactam (4-membered cyclic amide) rings is 1. The van der Waals surface area contributed by atoms with Crippen molar-refractivity contribution in [3.05, 3.63) is 29.4 Å². The van der Waals surface area contributed by atoms with Gasteiger partial charge in [0.25, 0.3) is 11.8 Å². The van der Waals surface area contributed by atoms with Crippen LogP contribution >= 0.6 is 23.3 Å². The average Bonchev–Trinajstić information content (AvgIpc) is 3.43. The fourth-order valence-electron chi connectivity index (χ4n) is 3.82. The number of oxime groups is 1. The second-order valence-corrected chi connectivity index (χ2v) is 9.51. The summed E-state index contributed by atoms with van der Waals surface area (Å²) in [5.41, 5.74) is 11.6. The Labute approximate surface area is 212 Å². The second-order valence-electron chi connectivity index (χ2n) is 7.62. The van der Waals surface area contributed by atoms with E-state index in [9.17, 15) is 24.6 Å². The molecular weight excluding hydrogens is 514 g/mol. The molecule has 2 aromatic heterocycles. The highest BCUT2D eigenvalue weighted by Gasteiger charge is 2.55. The summed E-state index contributed by atoms with van der Waals surface area (Å²) in [4.78, 5) is 48.2. The van der Waals surface area contributed by atoms with Crippen molar-refractivity contribution in [3.63, 3.8) is 0 Å². The molecule has 4 rings (SSSR count). The van der Waals surface area contributed by atoms with Crippen LogP contribution in [0.3, 0.4) is 0 Å². The molecule has 2 aliphatic heterocycles. The monoisotopic (exact) mass is 538 g/mol. The van der Waals surface area contributed by atoms with Crippen molar-refractivity contribution in [2.45, 2.75) is 31.4 Å². The highest BCUT2D eigenvalue weighted by molar-refractivity contribution is 8.00. The SMILES string of the molecule is CCO/N=C(\C(=O)N[C@@H]1C(=O)N2C(C(=O)O)=C(C[n+]3ccc(N)n3CCO)CS[C@H]12)c1nsc(N)n1. The highest BCUT2D eigenvalue weighted by Crippen LogP contribution is 2.40. The van der Waals surface area contributed by atoms with E-state index in [0.717, 1.165) is 11.5 Å². The molecule has 0 aliphatic carbocycles. The lowest BCUT2D eigenvalue weighted by molar-refractivity contribution is -0.767. The number of hydrogen-bond acceptors (Lipinski definition) is 12. The van der Waals surface area contributed by atoms with Crippen LogP contribution in [0.2, 0.25) is 0 Å². The first-order valence-electron chi connectivity index (χ1n) is 10.7. The van der Waals surface area contributed by atoms with Crippen LogP contribution in [-0.2, 0) is 32.3 Å². The first kappa shape index (κ1) is 25.4. The molecule has 0 saturated carbocycles. The van der Waals surface area contributed by atoms with Gasteiger partial charge in [-0.3, -0.25) is 14.5 Å². The van der Waals surface area contributed by atoms with E-state index in [-0.39, 0.29) is 48.7 Å². The topological polar surface area (TPSA) is 215 Å². The summed E-state index contributed by atoms with van der Waals surface area (Å²) >= 11 is 2.19. The standard InChI is InChI=1S/C19H23N9O6S2/c1-2-34-24-11(14-23-19(21)36-25-14)15(30)22-12-16(31)28-13(18(32)33)9(8-35-17(12)28)7-26-4-3-10(20)27(26)5-6-29/h3-4,12,17,20,29H,2,5-8H2,1H3,(H4,21,22,23,25,30,32,33)/p+1/b24-11-/t12-,17-/m1/s1. The molecule has 1 saturated heterocycles. The number of carbonyl (C=O) groups is 3. The van der Waals surface area contributed by atoms with Crippen molar-refractivity contribution in [1.82, 2.24) is 24.3 Å². The number of nitrogens with two attached hydrogens (primary N) is 2. The van der Waals surface area contributed by atoms with Gasteiger partial charge in [-0.2, -0.15) is 9.36 Å². The van der Waals surface area contributed by atoms with Crippen molar-refractivity contribution < 1.29 is 34.1 Å². The number of fused-ring (bicyclic) bond motifs is 1. The van der Waals surface area contributed by atoms with Gasteiger partial charge in [0, 0.05) is 22.9 Å². The number of aromatic nitrogens is 4. The van der Waals surface area contributed by atoms with Crippen molar-refractivity contribution in [1.29, 1.82) is 0 Å². The number of hydrogen-bond donors (Lipinski definition) is 5. The van der Waals surface area contributed by atoms with Crippen molar-refractivity contribution in [2.24, 2.45) is 5.16 Å².